The summed E-state index contributed by atoms with van der Waals surface area (Å²) in [5, 5.41) is 12.8. The van der Waals surface area contributed by atoms with Gasteiger partial charge in [0.25, 0.3) is 0 Å². The Morgan fingerprint density at radius 3 is 2.54 bits per heavy atom. The number of rotatable bonds is 1. The zero-order valence-electron chi connectivity index (χ0n) is 8.57. The lowest BCUT2D eigenvalue weighted by molar-refractivity contribution is 0.573. The van der Waals surface area contributed by atoms with Crippen LogP contribution in [0.25, 0.3) is 0 Å². The second-order valence-electron chi connectivity index (χ2n) is 4.26. The van der Waals surface area contributed by atoms with Gasteiger partial charge in [-0.25, -0.2) is 0 Å². The van der Waals surface area contributed by atoms with E-state index in [9.17, 15) is 0 Å². The van der Waals surface area contributed by atoms with E-state index >= 15 is 0 Å². The third-order valence-corrected chi connectivity index (χ3v) is 2.05. The van der Waals surface area contributed by atoms with E-state index < -0.39 is 0 Å². The molecule has 1 rings (SSSR count). The van der Waals surface area contributed by atoms with E-state index in [1.54, 1.807) is 4.68 Å². The molecule has 1 heterocycles. The van der Waals surface area contributed by atoms with Crippen LogP contribution in [0.4, 0.5) is 0 Å². The molecule has 0 amide bonds. The highest BCUT2D eigenvalue weighted by atomic mass is 15.3. The van der Waals surface area contributed by atoms with Gasteiger partial charge < -0.3 is 0 Å². The number of hydrogen-bond donors (Lipinski definition) is 0. The molecule has 0 saturated heterocycles. The quantitative estimate of drug-likeness (QED) is 0.660. The van der Waals surface area contributed by atoms with Crippen LogP contribution in [0.2, 0.25) is 0 Å². The van der Waals surface area contributed by atoms with Crippen LogP contribution in [0.3, 0.4) is 0 Å². The predicted molar refractivity (Wildman–Crippen MR) is 51.3 cm³/mol. The van der Waals surface area contributed by atoms with Crippen LogP contribution in [-0.4, -0.2) is 9.78 Å². The second kappa shape index (κ2) is 3.21. The maximum Gasteiger partial charge on any atom is 0.135 e. The van der Waals surface area contributed by atoms with Crippen LogP contribution < -0.4 is 0 Å². The van der Waals surface area contributed by atoms with Crippen molar-refractivity contribution < 1.29 is 0 Å². The summed E-state index contributed by atoms with van der Waals surface area (Å²) in [5.74, 6) is 0. The molecule has 0 aliphatic carbocycles. The van der Waals surface area contributed by atoms with E-state index in [1.807, 2.05) is 19.3 Å². The van der Waals surface area contributed by atoms with Gasteiger partial charge in [-0.15, -0.1) is 0 Å². The molecule has 0 fully saturated rings. The molecule has 0 N–H and O–H groups in total. The van der Waals surface area contributed by atoms with Crippen LogP contribution >= 0.6 is 0 Å². The predicted octanol–water partition coefficient (Wildman–Crippen LogP) is 2.27. The van der Waals surface area contributed by atoms with Crippen molar-refractivity contribution >= 4 is 0 Å². The summed E-state index contributed by atoms with van der Waals surface area (Å²) in [4.78, 5) is 0. The molecule has 3 nitrogen and oxygen atoms in total. The fraction of sp³-hybridized carbons (Fsp3) is 0.600. The summed E-state index contributed by atoms with van der Waals surface area (Å²) in [6.45, 7) is 8.22. The minimum atomic E-state index is -0.184. The van der Waals surface area contributed by atoms with Gasteiger partial charge in [0.2, 0.25) is 0 Å². The Morgan fingerprint density at radius 1 is 1.54 bits per heavy atom. The van der Waals surface area contributed by atoms with Crippen LogP contribution in [0.5, 0.6) is 0 Å². The largest absolute Gasteiger partial charge is 0.255 e. The SMILES string of the molecule is CC(C#N)n1cc(C(C)(C)C)cn1. The monoisotopic (exact) mass is 177 g/mol. The Balaban J connectivity index is 2.95. The minimum Gasteiger partial charge on any atom is -0.255 e. The highest BCUT2D eigenvalue weighted by Gasteiger charge is 2.16. The Kier molecular flexibility index (Phi) is 2.42. The molecule has 1 unspecified atom stereocenters. The topological polar surface area (TPSA) is 41.6 Å². The molecule has 1 aromatic heterocycles. The van der Waals surface area contributed by atoms with Gasteiger partial charge in [-0.05, 0) is 17.9 Å². The van der Waals surface area contributed by atoms with Crippen molar-refractivity contribution in [2.24, 2.45) is 0 Å². The highest BCUT2D eigenvalue weighted by molar-refractivity contribution is 5.15. The smallest absolute Gasteiger partial charge is 0.135 e. The molecule has 1 atom stereocenters. The Morgan fingerprint density at radius 2 is 2.15 bits per heavy atom. The number of nitrogens with zero attached hydrogens (tertiary/aromatic N) is 3. The van der Waals surface area contributed by atoms with Crippen molar-refractivity contribution in [1.82, 2.24) is 9.78 Å². The molecule has 13 heavy (non-hydrogen) atoms. The molecule has 0 aromatic carbocycles. The Hall–Kier alpha value is -1.30. The zero-order chi connectivity index (χ0) is 10.1. The number of aromatic nitrogens is 2. The number of hydrogen-bond acceptors (Lipinski definition) is 2. The maximum atomic E-state index is 8.69. The van der Waals surface area contributed by atoms with Crippen molar-refractivity contribution in [2.45, 2.75) is 39.2 Å². The van der Waals surface area contributed by atoms with E-state index in [1.165, 1.54) is 0 Å². The first kappa shape index (κ1) is 9.79. The van der Waals surface area contributed by atoms with Crippen molar-refractivity contribution in [3.8, 4) is 6.07 Å². The first-order chi connectivity index (χ1) is 5.95. The van der Waals surface area contributed by atoms with E-state index in [0.717, 1.165) is 5.56 Å². The Bertz CT molecular complexity index is 325. The summed E-state index contributed by atoms with van der Waals surface area (Å²) >= 11 is 0. The lowest BCUT2D eigenvalue weighted by Crippen LogP contribution is -2.10. The molecule has 3 heteroatoms. The summed E-state index contributed by atoms with van der Waals surface area (Å²) in [7, 11) is 0. The normalized spacial score (nSPS) is 13.8. The summed E-state index contributed by atoms with van der Waals surface area (Å²) < 4.78 is 1.70. The molecule has 0 aliphatic rings. The minimum absolute atomic E-state index is 0.105. The standard InChI is InChI=1S/C10H15N3/c1-8(5-11)13-7-9(6-12-13)10(2,3)4/h6-8H,1-4H3. The van der Waals surface area contributed by atoms with Gasteiger partial charge in [-0.3, -0.25) is 4.68 Å². The van der Waals surface area contributed by atoms with Crippen molar-refractivity contribution in [3.05, 3.63) is 18.0 Å². The van der Waals surface area contributed by atoms with Crippen molar-refractivity contribution in [2.75, 3.05) is 0 Å². The van der Waals surface area contributed by atoms with Gasteiger partial charge in [0.15, 0.2) is 0 Å². The average molecular weight is 177 g/mol. The number of nitriles is 1. The molecule has 0 saturated carbocycles. The van der Waals surface area contributed by atoms with E-state index in [4.69, 9.17) is 5.26 Å². The van der Waals surface area contributed by atoms with Gasteiger partial charge in [0.1, 0.15) is 6.04 Å². The molecular formula is C10H15N3. The van der Waals surface area contributed by atoms with Gasteiger partial charge >= 0.3 is 0 Å². The summed E-state index contributed by atoms with van der Waals surface area (Å²) in [6.07, 6.45) is 3.77. The maximum absolute atomic E-state index is 8.69. The second-order valence-corrected chi connectivity index (χ2v) is 4.26. The fourth-order valence-electron chi connectivity index (χ4n) is 0.996. The molecule has 0 aliphatic heterocycles. The van der Waals surface area contributed by atoms with E-state index in [2.05, 4.69) is 31.9 Å². The highest BCUT2D eigenvalue weighted by Crippen LogP contribution is 2.21. The van der Waals surface area contributed by atoms with Crippen molar-refractivity contribution in [1.29, 1.82) is 5.26 Å². The molecule has 1 aromatic rings. The third-order valence-electron chi connectivity index (χ3n) is 2.05. The van der Waals surface area contributed by atoms with Crippen LogP contribution in [0.1, 0.15) is 39.3 Å². The molecule has 70 valence electrons. The van der Waals surface area contributed by atoms with Crippen LogP contribution in [0.15, 0.2) is 12.4 Å². The lowest BCUT2D eigenvalue weighted by Gasteiger charge is -2.15. The van der Waals surface area contributed by atoms with Crippen molar-refractivity contribution in [3.63, 3.8) is 0 Å². The fourth-order valence-corrected chi connectivity index (χ4v) is 0.996. The molecule has 0 bridgehead atoms. The van der Waals surface area contributed by atoms with Gasteiger partial charge in [0.05, 0.1) is 12.3 Å². The van der Waals surface area contributed by atoms with E-state index in [0.29, 0.717) is 0 Å². The van der Waals surface area contributed by atoms with Crippen LogP contribution in [-0.2, 0) is 5.41 Å². The molecular weight excluding hydrogens is 162 g/mol. The van der Waals surface area contributed by atoms with Gasteiger partial charge in [-0.2, -0.15) is 10.4 Å². The lowest BCUT2D eigenvalue weighted by atomic mass is 9.90. The molecule has 0 radical (unpaired) electrons. The van der Waals surface area contributed by atoms with Gasteiger partial charge in [-0.1, -0.05) is 20.8 Å². The first-order valence-electron chi connectivity index (χ1n) is 4.39. The average Bonchev–Trinajstić information content (AvgIpc) is 2.50. The summed E-state index contributed by atoms with van der Waals surface area (Å²) in [5.41, 5.74) is 1.27. The Labute approximate surface area is 79.0 Å². The molecule has 0 spiro atoms. The third kappa shape index (κ3) is 2.09. The summed E-state index contributed by atoms with van der Waals surface area (Å²) in [6, 6.07) is 1.96. The first-order valence-corrected chi connectivity index (χ1v) is 4.39. The van der Waals surface area contributed by atoms with Gasteiger partial charge in [0, 0.05) is 6.20 Å². The van der Waals surface area contributed by atoms with E-state index in [-0.39, 0.29) is 11.5 Å². The van der Waals surface area contributed by atoms with Crippen LogP contribution in [0, 0.1) is 11.3 Å². The zero-order valence-corrected chi connectivity index (χ0v) is 8.57.